The molecule has 0 spiro atoms. The number of carbonyl (C=O) groups is 2. The molecular weight excluding hydrogens is 562 g/mol. The summed E-state index contributed by atoms with van der Waals surface area (Å²) in [5.41, 5.74) is 0.625. The zero-order valence-electron chi connectivity index (χ0n) is 24.5. The molecule has 2 aliphatic rings. The highest BCUT2D eigenvalue weighted by atomic mass is 19.1. The lowest BCUT2D eigenvalue weighted by Crippen LogP contribution is -2.46. The molecule has 0 bridgehead atoms. The van der Waals surface area contributed by atoms with Crippen molar-refractivity contribution in [2.24, 2.45) is 5.92 Å². The summed E-state index contributed by atoms with van der Waals surface area (Å²) in [5.74, 6) is -2.00. The number of hydrogen-bond acceptors (Lipinski definition) is 9. The van der Waals surface area contributed by atoms with Crippen molar-refractivity contribution in [3.63, 3.8) is 0 Å². The molecule has 0 radical (unpaired) electrons. The SMILES string of the molecule is COc1ccc(F)cc1Nc1nc2ccc(CC(=O)CN(C)CC(OC3CCC(C(=O)O)CC3)N3CCCC3)c(F)c2o1. The van der Waals surface area contributed by atoms with E-state index in [1.165, 1.54) is 31.4 Å². The van der Waals surface area contributed by atoms with Crippen LogP contribution in [0.5, 0.6) is 5.75 Å². The Morgan fingerprint density at radius 2 is 1.91 bits per heavy atom. The minimum absolute atomic E-state index is 0.00517. The number of methoxy groups -OCH3 is 1. The molecule has 0 amide bonds. The molecule has 1 saturated heterocycles. The van der Waals surface area contributed by atoms with Crippen LogP contribution >= 0.6 is 0 Å². The first-order valence-corrected chi connectivity index (χ1v) is 14.7. The van der Waals surface area contributed by atoms with Gasteiger partial charge in [-0.2, -0.15) is 4.98 Å². The number of oxazole rings is 1. The van der Waals surface area contributed by atoms with Crippen LogP contribution in [0.4, 0.5) is 20.5 Å². The summed E-state index contributed by atoms with van der Waals surface area (Å²) in [5, 5.41) is 12.1. The molecule has 1 unspecified atom stereocenters. The molecule has 2 fully saturated rings. The Morgan fingerprint density at radius 1 is 1.16 bits per heavy atom. The summed E-state index contributed by atoms with van der Waals surface area (Å²) >= 11 is 0. The average molecular weight is 601 g/mol. The van der Waals surface area contributed by atoms with Crippen LogP contribution < -0.4 is 10.1 Å². The van der Waals surface area contributed by atoms with Crippen LogP contribution in [0.3, 0.4) is 0 Å². The number of nitrogens with zero attached hydrogens (tertiary/aromatic N) is 3. The van der Waals surface area contributed by atoms with Crippen LogP contribution in [0.2, 0.25) is 0 Å². The molecule has 10 nitrogen and oxygen atoms in total. The van der Waals surface area contributed by atoms with Gasteiger partial charge in [-0.05, 0) is 69.3 Å². The third-order valence-electron chi connectivity index (χ3n) is 8.20. The van der Waals surface area contributed by atoms with Crippen molar-refractivity contribution in [3.8, 4) is 5.75 Å². The number of carboxylic acid groups (broad SMARTS) is 1. The lowest BCUT2D eigenvalue weighted by Gasteiger charge is -2.36. The minimum atomic E-state index is -0.742. The van der Waals surface area contributed by atoms with Gasteiger partial charge in [0, 0.05) is 32.1 Å². The smallest absolute Gasteiger partial charge is 0.306 e. The number of rotatable bonds is 13. The monoisotopic (exact) mass is 600 g/mol. The first kappa shape index (κ1) is 30.8. The third-order valence-corrected chi connectivity index (χ3v) is 8.20. The molecule has 1 aliphatic carbocycles. The Bertz CT molecular complexity index is 1440. The summed E-state index contributed by atoms with van der Waals surface area (Å²) in [6, 6.07) is 6.99. The van der Waals surface area contributed by atoms with E-state index in [0.717, 1.165) is 25.9 Å². The van der Waals surface area contributed by atoms with E-state index < -0.39 is 17.6 Å². The van der Waals surface area contributed by atoms with E-state index in [1.807, 2.05) is 11.9 Å². The summed E-state index contributed by atoms with van der Waals surface area (Å²) in [7, 11) is 3.29. The fraction of sp³-hybridized carbons (Fsp3) is 0.516. The van der Waals surface area contributed by atoms with Gasteiger partial charge < -0.3 is 24.3 Å². The van der Waals surface area contributed by atoms with Crippen LogP contribution in [0.1, 0.15) is 44.1 Å². The minimum Gasteiger partial charge on any atom is -0.495 e. The van der Waals surface area contributed by atoms with Crippen LogP contribution in [0.25, 0.3) is 11.1 Å². The first-order chi connectivity index (χ1) is 20.7. The maximum atomic E-state index is 15.4. The number of aliphatic carboxylic acids is 1. The fourth-order valence-electron chi connectivity index (χ4n) is 5.93. The van der Waals surface area contributed by atoms with Gasteiger partial charge in [-0.3, -0.25) is 19.4 Å². The molecule has 2 heterocycles. The zero-order chi connectivity index (χ0) is 30.5. The second-order valence-corrected chi connectivity index (χ2v) is 11.4. The van der Waals surface area contributed by atoms with E-state index >= 15 is 4.39 Å². The van der Waals surface area contributed by atoms with E-state index in [9.17, 15) is 19.1 Å². The fourth-order valence-corrected chi connectivity index (χ4v) is 5.93. The summed E-state index contributed by atoms with van der Waals surface area (Å²) < 4.78 is 46.4. The number of likely N-dealkylation sites (tertiary alicyclic amines) is 1. The van der Waals surface area contributed by atoms with Gasteiger partial charge in [0.1, 0.15) is 23.3 Å². The van der Waals surface area contributed by atoms with Gasteiger partial charge in [0.2, 0.25) is 0 Å². The molecule has 1 aliphatic heterocycles. The summed E-state index contributed by atoms with van der Waals surface area (Å²) in [6.07, 6.45) is 4.49. The summed E-state index contributed by atoms with van der Waals surface area (Å²) in [6.45, 7) is 2.46. The largest absolute Gasteiger partial charge is 0.495 e. The molecule has 2 N–H and O–H groups in total. The Balaban J connectivity index is 1.19. The van der Waals surface area contributed by atoms with Gasteiger partial charge in [-0.1, -0.05) is 6.07 Å². The lowest BCUT2D eigenvalue weighted by atomic mass is 9.87. The van der Waals surface area contributed by atoms with Crippen LogP contribution in [-0.2, 0) is 20.7 Å². The van der Waals surface area contributed by atoms with Gasteiger partial charge in [0.05, 0.1) is 31.4 Å². The van der Waals surface area contributed by atoms with Crippen LogP contribution in [0.15, 0.2) is 34.7 Å². The molecule has 3 aromatic rings. The highest BCUT2D eigenvalue weighted by Gasteiger charge is 2.31. The van der Waals surface area contributed by atoms with Crippen molar-refractivity contribution < 1.29 is 37.4 Å². The Hall–Kier alpha value is -3.61. The van der Waals surface area contributed by atoms with Gasteiger partial charge >= 0.3 is 5.97 Å². The number of anilines is 2. The van der Waals surface area contributed by atoms with E-state index in [-0.39, 0.29) is 65.4 Å². The number of ether oxygens (including phenoxy) is 2. The topological polar surface area (TPSA) is 117 Å². The molecule has 12 heteroatoms. The van der Waals surface area contributed by atoms with E-state index in [4.69, 9.17) is 13.9 Å². The van der Waals surface area contributed by atoms with Crippen LogP contribution in [-0.4, -0.2) is 84.3 Å². The molecule has 1 aromatic heterocycles. The first-order valence-electron chi connectivity index (χ1n) is 14.7. The van der Waals surface area contributed by atoms with Crippen molar-refractivity contribution in [1.82, 2.24) is 14.8 Å². The number of Topliss-reactive ketones (excluding diaryl/α,β-unsaturated/α-hetero) is 1. The molecule has 232 valence electrons. The number of ketones is 1. The average Bonchev–Trinajstić information content (AvgIpc) is 3.65. The van der Waals surface area contributed by atoms with Crippen molar-refractivity contribution in [3.05, 3.63) is 47.5 Å². The molecular formula is C31H38F2N4O6. The number of nitrogens with one attached hydrogen (secondary N) is 1. The number of carbonyl (C=O) groups excluding carboxylic acids is 1. The standard InChI is InChI=1S/C31H38F2N4O6/c1-36(18-27(37-13-3-4-14-37)42-23-9-5-19(6-10-23)30(39)40)17-22(38)15-20-7-11-24-29(28(20)33)43-31(34-24)35-25-16-21(32)8-12-26(25)41-2/h7-8,11-12,16,19,23,27H,3-6,9-10,13-15,17-18H2,1-2H3,(H,34,35)(H,39,40). The zero-order valence-corrected chi connectivity index (χ0v) is 24.5. The predicted octanol–water partition coefficient (Wildman–Crippen LogP) is 4.98. The Morgan fingerprint density at radius 3 is 2.60 bits per heavy atom. The number of likely N-dealkylation sites (N-methyl/N-ethyl adjacent to an activating group) is 1. The number of fused-ring (bicyclic) bond motifs is 1. The normalized spacial score (nSPS) is 20.0. The molecule has 5 rings (SSSR count). The van der Waals surface area contributed by atoms with Gasteiger partial charge in [-0.15, -0.1) is 0 Å². The van der Waals surface area contributed by atoms with E-state index in [0.29, 0.717) is 38.0 Å². The van der Waals surface area contributed by atoms with E-state index in [2.05, 4.69) is 15.2 Å². The number of aromatic nitrogens is 1. The Kier molecular flexibility index (Phi) is 9.89. The predicted molar refractivity (Wildman–Crippen MR) is 155 cm³/mol. The second-order valence-electron chi connectivity index (χ2n) is 11.4. The maximum Gasteiger partial charge on any atom is 0.306 e. The Labute approximate surface area is 248 Å². The van der Waals surface area contributed by atoms with E-state index in [1.54, 1.807) is 6.07 Å². The van der Waals surface area contributed by atoms with Gasteiger partial charge in [0.25, 0.3) is 6.01 Å². The highest BCUT2D eigenvalue weighted by molar-refractivity contribution is 5.85. The van der Waals surface area contributed by atoms with Crippen molar-refractivity contribution in [2.45, 2.75) is 57.3 Å². The molecule has 1 saturated carbocycles. The maximum absolute atomic E-state index is 15.4. The third kappa shape index (κ3) is 7.67. The van der Waals surface area contributed by atoms with Gasteiger partial charge in [-0.25, -0.2) is 8.78 Å². The van der Waals surface area contributed by atoms with Gasteiger partial charge in [0.15, 0.2) is 17.2 Å². The van der Waals surface area contributed by atoms with Crippen molar-refractivity contribution in [1.29, 1.82) is 0 Å². The number of halogens is 2. The second kappa shape index (κ2) is 13.8. The molecule has 1 atom stereocenters. The van der Waals surface area contributed by atoms with Crippen LogP contribution in [0, 0.1) is 17.6 Å². The van der Waals surface area contributed by atoms with Crippen molar-refractivity contribution >= 4 is 34.6 Å². The van der Waals surface area contributed by atoms with Crippen molar-refractivity contribution in [2.75, 3.05) is 45.7 Å². The molecule has 2 aromatic carbocycles. The lowest BCUT2D eigenvalue weighted by molar-refractivity contribution is -0.146. The quantitative estimate of drug-likeness (QED) is 0.278. The number of benzene rings is 2. The number of hydrogen-bond donors (Lipinski definition) is 2. The highest BCUT2D eigenvalue weighted by Crippen LogP contribution is 2.32. The molecule has 43 heavy (non-hydrogen) atoms. The summed E-state index contributed by atoms with van der Waals surface area (Å²) in [4.78, 5) is 32.8. The number of carboxylic acids is 1.